The number of carbonyl (C=O) groups is 3. The van der Waals surface area contributed by atoms with Gasteiger partial charge in [0.05, 0.1) is 28.5 Å². The Hall–Kier alpha value is -4.51. The molecule has 9 nitrogen and oxygen atoms in total. The van der Waals surface area contributed by atoms with Gasteiger partial charge in [-0.1, -0.05) is 18.2 Å². The maximum absolute atomic E-state index is 13.1. The van der Waals surface area contributed by atoms with Crippen LogP contribution in [0.25, 0.3) is 6.08 Å². The van der Waals surface area contributed by atoms with Crippen LogP contribution < -0.4 is 9.47 Å². The molecule has 0 saturated carbocycles. The SMILES string of the molecule is CCOc1cc(/C=C2\SC(=O)N(Cc3ccc([N+](=O)[O-])cc3)C2=O)ccc1OC(=O)c1ccc(F)cc1. The molecule has 1 aliphatic rings. The van der Waals surface area contributed by atoms with Gasteiger partial charge in [0.25, 0.3) is 16.8 Å². The number of thioether (sulfide) groups is 1. The number of nitro groups is 1. The molecule has 0 atom stereocenters. The fourth-order valence-electron chi connectivity index (χ4n) is 3.41. The second-order valence-electron chi connectivity index (χ2n) is 7.73. The van der Waals surface area contributed by atoms with Crippen LogP contribution in [0.5, 0.6) is 11.5 Å². The number of imide groups is 1. The largest absolute Gasteiger partial charge is 0.490 e. The first-order valence-electron chi connectivity index (χ1n) is 11.0. The third-order valence-corrected chi connectivity index (χ3v) is 6.12. The predicted octanol–water partition coefficient (Wildman–Crippen LogP) is 5.59. The Morgan fingerprint density at radius 1 is 1.05 bits per heavy atom. The normalized spacial score (nSPS) is 14.2. The highest BCUT2D eigenvalue weighted by molar-refractivity contribution is 8.18. The minimum Gasteiger partial charge on any atom is -0.490 e. The van der Waals surface area contributed by atoms with E-state index in [0.29, 0.717) is 11.1 Å². The van der Waals surface area contributed by atoms with E-state index in [1.165, 1.54) is 48.5 Å². The van der Waals surface area contributed by atoms with Crippen molar-refractivity contribution in [1.82, 2.24) is 4.90 Å². The number of nitrogens with zero attached hydrogens (tertiary/aromatic N) is 2. The molecule has 1 aliphatic heterocycles. The third kappa shape index (κ3) is 6.01. The lowest BCUT2D eigenvalue weighted by Crippen LogP contribution is -2.27. The first-order chi connectivity index (χ1) is 17.7. The number of nitro benzene ring substituents is 1. The van der Waals surface area contributed by atoms with Gasteiger partial charge < -0.3 is 9.47 Å². The van der Waals surface area contributed by atoms with Gasteiger partial charge in [-0.3, -0.25) is 24.6 Å². The van der Waals surface area contributed by atoms with Crippen molar-refractivity contribution in [3.63, 3.8) is 0 Å². The predicted molar refractivity (Wildman–Crippen MR) is 134 cm³/mol. The highest BCUT2D eigenvalue weighted by Gasteiger charge is 2.35. The Labute approximate surface area is 214 Å². The summed E-state index contributed by atoms with van der Waals surface area (Å²) in [6.07, 6.45) is 1.52. The molecule has 1 saturated heterocycles. The van der Waals surface area contributed by atoms with E-state index in [2.05, 4.69) is 0 Å². The van der Waals surface area contributed by atoms with Crippen molar-refractivity contribution in [3.05, 3.63) is 104 Å². The second-order valence-corrected chi connectivity index (χ2v) is 8.72. The van der Waals surface area contributed by atoms with Gasteiger partial charge in [-0.2, -0.15) is 0 Å². The van der Waals surface area contributed by atoms with Crippen LogP contribution in [0.3, 0.4) is 0 Å². The summed E-state index contributed by atoms with van der Waals surface area (Å²) in [5.41, 5.74) is 1.18. The monoisotopic (exact) mass is 522 g/mol. The van der Waals surface area contributed by atoms with E-state index in [-0.39, 0.29) is 40.8 Å². The number of halogens is 1. The van der Waals surface area contributed by atoms with Crippen LogP contribution in [-0.2, 0) is 11.3 Å². The number of esters is 1. The Balaban J connectivity index is 1.51. The van der Waals surface area contributed by atoms with Crippen molar-refractivity contribution in [2.24, 2.45) is 0 Å². The minimum atomic E-state index is -0.693. The van der Waals surface area contributed by atoms with E-state index in [1.54, 1.807) is 19.1 Å². The lowest BCUT2D eigenvalue weighted by atomic mass is 10.1. The van der Waals surface area contributed by atoms with Gasteiger partial charge in [-0.05, 0) is 72.3 Å². The summed E-state index contributed by atoms with van der Waals surface area (Å²) in [7, 11) is 0. The quantitative estimate of drug-likeness (QED) is 0.124. The number of rotatable bonds is 8. The Morgan fingerprint density at radius 3 is 2.41 bits per heavy atom. The molecule has 0 aromatic heterocycles. The number of carbonyl (C=O) groups excluding carboxylic acids is 3. The number of ether oxygens (including phenoxy) is 2. The molecule has 4 rings (SSSR count). The smallest absolute Gasteiger partial charge is 0.343 e. The van der Waals surface area contributed by atoms with Crippen molar-refractivity contribution in [2.75, 3.05) is 6.61 Å². The molecule has 0 unspecified atom stereocenters. The zero-order valence-electron chi connectivity index (χ0n) is 19.4. The molecule has 0 bridgehead atoms. The highest BCUT2D eigenvalue weighted by Crippen LogP contribution is 2.35. The third-order valence-electron chi connectivity index (χ3n) is 5.21. The van der Waals surface area contributed by atoms with Gasteiger partial charge in [-0.15, -0.1) is 0 Å². The second kappa shape index (κ2) is 11.0. The fraction of sp³-hybridized carbons (Fsp3) is 0.115. The van der Waals surface area contributed by atoms with Crippen LogP contribution in [0.2, 0.25) is 0 Å². The van der Waals surface area contributed by atoms with E-state index in [4.69, 9.17) is 9.47 Å². The molecule has 1 heterocycles. The molecule has 188 valence electrons. The van der Waals surface area contributed by atoms with Crippen LogP contribution in [0.1, 0.15) is 28.4 Å². The van der Waals surface area contributed by atoms with E-state index in [1.807, 2.05) is 0 Å². The lowest BCUT2D eigenvalue weighted by molar-refractivity contribution is -0.384. The van der Waals surface area contributed by atoms with E-state index in [9.17, 15) is 28.9 Å². The molecule has 3 aromatic carbocycles. The Kier molecular flexibility index (Phi) is 7.63. The van der Waals surface area contributed by atoms with Gasteiger partial charge >= 0.3 is 5.97 Å². The average Bonchev–Trinajstić information content (AvgIpc) is 3.13. The summed E-state index contributed by atoms with van der Waals surface area (Å²) in [5.74, 6) is -1.29. The molecule has 0 spiro atoms. The van der Waals surface area contributed by atoms with Gasteiger partial charge in [0.2, 0.25) is 0 Å². The van der Waals surface area contributed by atoms with Crippen LogP contribution in [0.15, 0.2) is 71.6 Å². The highest BCUT2D eigenvalue weighted by atomic mass is 32.2. The van der Waals surface area contributed by atoms with Gasteiger partial charge in [-0.25, -0.2) is 9.18 Å². The molecule has 37 heavy (non-hydrogen) atoms. The standard InChI is InChI=1S/C26H19FN2O7S/c1-2-35-22-13-17(5-12-21(22)36-25(31)18-6-8-19(27)9-7-18)14-23-24(30)28(26(32)37-23)15-16-3-10-20(11-4-16)29(33)34/h3-14H,2,15H2,1H3/b23-14-. The lowest BCUT2D eigenvalue weighted by Gasteiger charge is -2.12. The van der Waals surface area contributed by atoms with Gasteiger partial charge in [0.15, 0.2) is 11.5 Å². The molecule has 0 radical (unpaired) electrons. The molecular formula is C26H19FN2O7S. The number of non-ortho nitro benzene ring substituents is 1. The molecule has 3 aromatic rings. The van der Waals surface area contributed by atoms with Crippen LogP contribution >= 0.6 is 11.8 Å². The van der Waals surface area contributed by atoms with Crippen molar-refractivity contribution in [3.8, 4) is 11.5 Å². The number of amides is 2. The summed E-state index contributed by atoms with van der Waals surface area (Å²) >= 11 is 0.770. The molecule has 0 aliphatic carbocycles. The summed E-state index contributed by atoms with van der Waals surface area (Å²) < 4.78 is 24.1. The summed E-state index contributed by atoms with van der Waals surface area (Å²) in [6, 6.07) is 15.2. The minimum absolute atomic E-state index is 0.0253. The van der Waals surface area contributed by atoms with Crippen molar-refractivity contribution < 1.29 is 33.2 Å². The van der Waals surface area contributed by atoms with E-state index in [0.717, 1.165) is 28.8 Å². The van der Waals surface area contributed by atoms with Gasteiger partial charge in [0.1, 0.15) is 5.82 Å². The number of benzene rings is 3. The zero-order valence-corrected chi connectivity index (χ0v) is 20.2. The van der Waals surface area contributed by atoms with Crippen molar-refractivity contribution >= 4 is 40.6 Å². The Bertz CT molecular complexity index is 1410. The van der Waals surface area contributed by atoms with Gasteiger partial charge in [0, 0.05) is 12.1 Å². The summed E-state index contributed by atoms with van der Waals surface area (Å²) in [5, 5.41) is 10.4. The first-order valence-corrected chi connectivity index (χ1v) is 11.8. The molecule has 11 heteroatoms. The summed E-state index contributed by atoms with van der Waals surface area (Å²) in [4.78, 5) is 49.3. The molecule has 1 fully saturated rings. The van der Waals surface area contributed by atoms with E-state index < -0.39 is 27.9 Å². The molecule has 2 amide bonds. The number of hydrogen-bond donors (Lipinski definition) is 0. The topological polar surface area (TPSA) is 116 Å². The number of hydrogen-bond acceptors (Lipinski definition) is 8. The van der Waals surface area contributed by atoms with Crippen LogP contribution in [0.4, 0.5) is 14.9 Å². The zero-order chi connectivity index (χ0) is 26.5. The van der Waals surface area contributed by atoms with Crippen molar-refractivity contribution in [2.45, 2.75) is 13.5 Å². The maximum Gasteiger partial charge on any atom is 0.343 e. The van der Waals surface area contributed by atoms with Crippen LogP contribution in [-0.4, -0.2) is 33.5 Å². The molecule has 0 N–H and O–H groups in total. The van der Waals surface area contributed by atoms with Crippen molar-refractivity contribution in [1.29, 1.82) is 0 Å². The van der Waals surface area contributed by atoms with E-state index >= 15 is 0 Å². The summed E-state index contributed by atoms with van der Waals surface area (Å²) in [6.45, 7) is 2.00. The maximum atomic E-state index is 13.1. The fourth-order valence-corrected chi connectivity index (χ4v) is 4.24. The first kappa shape index (κ1) is 25.6. The molecular weight excluding hydrogens is 503 g/mol. The Morgan fingerprint density at radius 2 is 1.76 bits per heavy atom. The van der Waals surface area contributed by atoms with Crippen LogP contribution in [0, 0.1) is 15.9 Å². The average molecular weight is 523 g/mol.